The molecule has 0 spiro atoms. The number of nitrogens with zero attached hydrogens (tertiary/aromatic N) is 5. The zero-order chi connectivity index (χ0) is 20.7. The Kier molecular flexibility index (Phi) is 4.72. The number of halogens is 2. The van der Waals surface area contributed by atoms with E-state index >= 15 is 0 Å². The number of nitrogens with one attached hydrogen (secondary N) is 2. The molecule has 10 heteroatoms. The van der Waals surface area contributed by atoms with E-state index in [-0.39, 0.29) is 5.91 Å². The maximum absolute atomic E-state index is 12.5. The first-order chi connectivity index (χ1) is 14.6. The van der Waals surface area contributed by atoms with Crippen LogP contribution in [0.15, 0.2) is 42.9 Å². The second-order valence-electron chi connectivity index (χ2n) is 6.80. The third-order valence-corrected chi connectivity index (χ3v) is 5.51. The smallest absolute Gasteiger partial charge is 0.254 e. The quantitative estimate of drug-likeness (QED) is 0.491. The molecule has 1 fully saturated rings. The van der Waals surface area contributed by atoms with Gasteiger partial charge in [-0.1, -0.05) is 29.3 Å². The Morgan fingerprint density at radius 3 is 2.63 bits per heavy atom. The van der Waals surface area contributed by atoms with Crippen molar-refractivity contribution in [3.63, 3.8) is 0 Å². The number of fused-ring (bicyclic) bond motifs is 1. The van der Waals surface area contributed by atoms with Gasteiger partial charge in [-0.3, -0.25) is 4.79 Å². The predicted octanol–water partition coefficient (Wildman–Crippen LogP) is 4.31. The SMILES string of the molecule is O=C(c1ccnc(Nc2ncnc3nc(-c4c(Cl)cccc4Cl)[nH]c23)c1)N1CCC1. The fourth-order valence-electron chi connectivity index (χ4n) is 3.22. The van der Waals surface area contributed by atoms with Crippen molar-refractivity contribution in [3.8, 4) is 11.4 Å². The molecular formula is C20H15Cl2N7O. The standard InChI is InChI=1S/C20H15Cl2N7O/c21-12-3-1-4-13(22)15(12)17-27-16-18(24-10-25-19(16)28-17)26-14-9-11(5-6-23-14)20(30)29-7-2-8-29/h1,3-6,9-10H,2,7-8H2,(H2,23,24,25,26,27,28). The van der Waals surface area contributed by atoms with Crippen molar-refractivity contribution in [2.24, 2.45) is 0 Å². The van der Waals surface area contributed by atoms with Crippen LogP contribution in [-0.2, 0) is 0 Å². The van der Waals surface area contributed by atoms with Gasteiger partial charge in [-0.05, 0) is 30.7 Å². The monoisotopic (exact) mass is 439 g/mol. The molecule has 1 aliphatic heterocycles. The first kappa shape index (κ1) is 18.8. The maximum Gasteiger partial charge on any atom is 0.254 e. The molecule has 5 rings (SSSR count). The Morgan fingerprint density at radius 2 is 1.90 bits per heavy atom. The summed E-state index contributed by atoms with van der Waals surface area (Å²) < 4.78 is 0. The van der Waals surface area contributed by atoms with Gasteiger partial charge < -0.3 is 15.2 Å². The molecule has 1 saturated heterocycles. The summed E-state index contributed by atoms with van der Waals surface area (Å²) >= 11 is 12.6. The molecule has 1 amide bonds. The molecule has 1 aliphatic rings. The van der Waals surface area contributed by atoms with Crippen molar-refractivity contribution in [2.75, 3.05) is 18.4 Å². The molecule has 4 heterocycles. The summed E-state index contributed by atoms with van der Waals surface area (Å²) in [5.74, 6) is 1.45. The molecule has 30 heavy (non-hydrogen) atoms. The number of rotatable bonds is 4. The summed E-state index contributed by atoms with van der Waals surface area (Å²) in [6.07, 6.45) is 4.03. The van der Waals surface area contributed by atoms with E-state index in [1.165, 1.54) is 6.33 Å². The van der Waals surface area contributed by atoms with Gasteiger partial charge in [-0.15, -0.1) is 0 Å². The summed E-state index contributed by atoms with van der Waals surface area (Å²) in [4.78, 5) is 34.8. The van der Waals surface area contributed by atoms with Gasteiger partial charge in [0.25, 0.3) is 5.91 Å². The van der Waals surface area contributed by atoms with Gasteiger partial charge in [0, 0.05) is 24.8 Å². The molecule has 0 saturated carbocycles. The summed E-state index contributed by atoms with van der Waals surface area (Å²) in [7, 11) is 0. The number of H-pyrrole nitrogens is 1. The van der Waals surface area contributed by atoms with Crippen molar-refractivity contribution >= 4 is 51.9 Å². The molecule has 0 unspecified atom stereocenters. The predicted molar refractivity (Wildman–Crippen MR) is 115 cm³/mol. The van der Waals surface area contributed by atoms with Gasteiger partial charge in [0.1, 0.15) is 23.5 Å². The van der Waals surface area contributed by atoms with E-state index in [1.807, 2.05) is 0 Å². The van der Waals surface area contributed by atoms with Crippen molar-refractivity contribution in [1.82, 2.24) is 29.8 Å². The molecule has 3 aromatic heterocycles. The van der Waals surface area contributed by atoms with Gasteiger partial charge in [-0.2, -0.15) is 0 Å². The number of pyridine rings is 1. The van der Waals surface area contributed by atoms with E-state index < -0.39 is 0 Å². The second-order valence-corrected chi connectivity index (χ2v) is 7.62. The molecule has 0 bridgehead atoms. The Labute approximate surface area is 181 Å². The largest absolute Gasteiger partial charge is 0.339 e. The fraction of sp³-hybridized carbons (Fsp3) is 0.150. The average Bonchev–Trinajstić information content (AvgIpc) is 3.11. The highest BCUT2D eigenvalue weighted by Crippen LogP contribution is 2.34. The van der Waals surface area contributed by atoms with Crippen LogP contribution in [0.5, 0.6) is 0 Å². The third-order valence-electron chi connectivity index (χ3n) is 4.88. The molecule has 0 aliphatic carbocycles. The molecule has 8 nitrogen and oxygen atoms in total. The first-order valence-corrected chi connectivity index (χ1v) is 10.0. The first-order valence-electron chi connectivity index (χ1n) is 9.27. The molecule has 0 radical (unpaired) electrons. The highest BCUT2D eigenvalue weighted by Gasteiger charge is 2.22. The van der Waals surface area contributed by atoms with E-state index in [0.717, 1.165) is 19.5 Å². The number of anilines is 2. The number of aromatic amines is 1. The Morgan fingerprint density at radius 1 is 1.10 bits per heavy atom. The van der Waals surface area contributed by atoms with Crippen LogP contribution in [0.3, 0.4) is 0 Å². The highest BCUT2D eigenvalue weighted by molar-refractivity contribution is 6.39. The lowest BCUT2D eigenvalue weighted by Crippen LogP contribution is -2.42. The normalized spacial score (nSPS) is 13.3. The van der Waals surface area contributed by atoms with Crippen molar-refractivity contribution in [2.45, 2.75) is 6.42 Å². The Hall–Kier alpha value is -3.23. The van der Waals surface area contributed by atoms with E-state index in [9.17, 15) is 4.79 Å². The second kappa shape index (κ2) is 7.55. The molecular weight excluding hydrogens is 425 g/mol. The molecule has 4 aromatic rings. The topological polar surface area (TPSA) is 99.7 Å². The average molecular weight is 440 g/mol. The van der Waals surface area contributed by atoms with Gasteiger partial charge in [0.05, 0.1) is 15.6 Å². The lowest BCUT2D eigenvalue weighted by atomic mass is 10.1. The minimum absolute atomic E-state index is 0.00303. The van der Waals surface area contributed by atoms with E-state index in [2.05, 4.69) is 30.2 Å². The Bertz CT molecular complexity index is 1250. The van der Waals surface area contributed by atoms with Crippen LogP contribution in [0.4, 0.5) is 11.6 Å². The van der Waals surface area contributed by atoms with Crippen LogP contribution in [-0.4, -0.2) is 48.8 Å². The van der Waals surface area contributed by atoms with E-state index in [4.69, 9.17) is 23.2 Å². The number of likely N-dealkylation sites (tertiary alicyclic amines) is 1. The molecule has 2 N–H and O–H groups in total. The van der Waals surface area contributed by atoms with Crippen LogP contribution >= 0.6 is 23.2 Å². The third kappa shape index (κ3) is 3.34. The minimum Gasteiger partial charge on any atom is -0.339 e. The number of hydrogen-bond acceptors (Lipinski definition) is 6. The molecule has 0 atom stereocenters. The van der Waals surface area contributed by atoms with Crippen LogP contribution < -0.4 is 5.32 Å². The van der Waals surface area contributed by atoms with Gasteiger partial charge >= 0.3 is 0 Å². The highest BCUT2D eigenvalue weighted by atomic mass is 35.5. The zero-order valence-corrected chi connectivity index (χ0v) is 17.1. The Balaban J connectivity index is 1.50. The van der Waals surface area contributed by atoms with Crippen LogP contribution in [0.25, 0.3) is 22.6 Å². The van der Waals surface area contributed by atoms with E-state index in [0.29, 0.717) is 49.8 Å². The number of benzene rings is 1. The lowest BCUT2D eigenvalue weighted by molar-refractivity contribution is 0.0652. The van der Waals surface area contributed by atoms with Gasteiger partial charge in [-0.25, -0.2) is 19.9 Å². The van der Waals surface area contributed by atoms with Gasteiger partial charge in [0.2, 0.25) is 0 Å². The number of hydrogen-bond donors (Lipinski definition) is 2. The van der Waals surface area contributed by atoms with Crippen LogP contribution in [0, 0.1) is 0 Å². The van der Waals surface area contributed by atoms with Crippen LogP contribution in [0.2, 0.25) is 10.0 Å². The summed E-state index contributed by atoms with van der Waals surface area (Å²) in [6, 6.07) is 8.66. The maximum atomic E-state index is 12.5. The lowest BCUT2D eigenvalue weighted by Gasteiger charge is -2.30. The number of amides is 1. The van der Waals surface area contributed by atoms with Gasteiger partial charge in [0.15, 0.2) is 11.5 Å². The summed E-state index contributed by atoms with van der Waals surface area (Å²) in [5.41, 5.74) is 2.19. The number of carbonyl (C=O) groups excluding carboxylic acids is 1. The number of carbonyl (C=O) groups is 1. The van der Waals surface area contributed by atoms with Crippen molar-refractivity contribution in [1.29, 1.82) is 0 Å². The van der Waals surface area contributed by atoms with Crippen LogP contribution in [0.1, 0.15) is 16.8 Å². The molecule has 1 aromatic carbocycles. The van der Waals surface area contributed by atoms with Crippen molar-refractivity contribution < 1.29 is 4.79 Å². The molecule has 150 valence electrons. The fourth-order valence-corrected chi connectivity index (χ4v) is 3.80. The summed E-state index contributed by atoms with van der Waals surface area (Å²) in [5, 5.41) is 4.09. The zero-order valence-electron chi connectivity index (χ0n) is 15.6. The summed E-state index contributed by atoms with van der Waals surface area (Å²) in [6.45, 7) is 1.58. The van der Waals surface area contributed by atoms with E-state index in [1.54, 1.807) is 41.4 Å². The minimum atomic E-state index is -0.00303. The number of imidazole rings is 1. The number of aromatic nitrogens is 5. The van der Waals surface area contributed by atoms with Crippen molar-refractivity contribution in [3.05, 3.63) is 58.5 Å².